The lowest BCUT2D eigenvalue weighted by Crippen LogP contribution is -1.84. The van der Waals surface area contributed by atoms with Gasteiger partial charge in [0.15, 0.2) is 0 Å². The predicted molar refractivity (Wildman–Crippen MR) is 84.2 cm³/mol. The van der Waals surface area contributed by atoms with Gasteiger partial charge in [0, 0.05) is 11.8 Å². The number of fused-ring (bicyclic) bond motifs is 1. The van der Waals surface area contributed by atoms with Crippen LogP contribution in [0.4, 0.5) is 5.69 Å². The van der Waals surface area contributed by atoms with E-state index in [0.717, 1.165) is 17.0 Å². The smallest absolute Gasteiger partial charge is 0.119 e. The molecule has 3 rings (SSSR count). The van der Waals surface area contributed by atoms with Gasteiger partial charge >= 0.3 is 0 Å². The molecule has 0 spiro atoms. The zero-order valence-corrected chi connectivity index (χ0v) is 11.3. The molecule has 0 N–H and O–H groups in total. The van der Waals surface area contributed by atoms with Gasteiger partial charge in [-0.3, -0.25) is 4.99 Å². The standard InChI is InChI=1S/C18H15NO/c1-20-17-11-9-16(10-12-17)19-13-15-7-4-6-14-5-2-3-8-18(14)15/h2-13H,1H3/b19-13+. The highest BCUT2D eigenvalue weighted by Gasteiger charge is 1.97. The molecule has 0 heterocycles. The minimum absolute atomic E-state index is 0.842. The predicted octanol–water partition coefficient (Wildman–Crippen LogP) is 4.60. The molecule has 0 radical (unpaired) electrons. The number of nitrogens with zero attached hydrogens (tertiary/aromatic N) is 1. The van der Waals surface area contributed by atoms with Crippen LogP contribution in [-0.2, 0) is 0 Å². The molecule has 0 unspecified atom stereocenters. The molecule has 2 heteroatoms. The van der Waals surface area contributed by atoms with E-state index < -0.39 is 0 Å². The lowest BCUT2D eigenvalue weighted by atomic mass is 10.1. The van der Waals surface area contributed by atoms with Crippen molar-refractivity contribution in [1.29, 1.82) is 0 Å². The highest BCUT2D eigenvalue weighted by Crippen LogP contribution is 2.20. The highest BCUT2D eigenvalue weighted by atomic mass is 16.5. The molecule has 3 aromatic rings. The normalized spacial score (nSPS) is 11.1. The van der Waals surface area contributed by atoms with Crippen molar-refractivity contribution in [3.8, 4) is 5.75 Å². The van der Waals surface area contributed by atoms with Gasteiger partial charge in [-0.1, -0.05) is 42.5 Å². The molecule has 0 amide bonds. The minimum atomic E-state index is 0.842. The molecule has 0 saturated carbocycles. The summed E-state index contributed by atoms with van der Waals surface area (Å²) in [6.45, 7) is 0. The van der Waals surface area contributed by atoms with Gasteiger partial charge in [0.1, 0.15) is 5.75 Å². The summed E-state index contributed by atoms with van der Waals surface area (Å²) in [5.41, 5.74) is 2.04. The third-order valence-corrected chi connectivity index (χ3v) is 3.25. The average Bonchev–Trinajstić information content (AvgIpc) is 2.53. The summed E-state index contributed by atoms with van der Waals surface area (Å²) in [6, 6.07) is 22.3. The molecule has 0 aliphatic carbocycles. The molecule has 0 aliphatic rings. The van der Waals surface area contributed by atoms with Crippen molar-refractivity contribution in [2.75, 3.05) is 7.11 Å². The van der Waals surface area contributed by atoms with Gasteiger partial charge in [0.2, 0.25) is 0 Å². The van der Waals surface area contributed by atoms with Crippen LogP contribution in [0.2, 0.25) is 0 Å². The quantitative estimate of drug-likeness (QED) is 0.631. The van der Waals surface area contributed by atoms with Crippen molar-refractivity contribution >= 4 is 22.7 Å². The van der Waals surface area contributed by atoms with E-state index in [0.29, 0.717) is 0 Å². The van der Waals surface area contributed by atoms with Gasteiger partial charge < -0.3 is 4.74 Å². The minimum Gasteiger partial charge on any atom is -0.497 e. The summed E-state index contributed by atoms with van der Waals surface area (Å²) in [4.78, 5) is 4.52. The topological polar surface area (TPSA) is 21.6 Å². The van der Waals surface area contributed by atoms with Crippen molar-refractivity contribution < 1.29 is 4.74 Å². The summed E-state index contributed by atoms with van der Waals surface area (Å²) >= 11 is 0. The second kappa shape index (κ2) is 5.57. The maximum absolute atomic E-state index is 5.14. The molecule has 3 aromatic carbocycles. The first-order valence-corrected chi connectivity index (χ1v) is 6.53. The van der Waals surface area contributed by atoms with Crippen molar-refractivity contribution in [3.05, 3.63) is 72.3 Å². The Morgan fingerprint density at radius 2 is 1.60 bits per heavy atom. The third-order valence-electron chi connectivity index (χ3n) is 3.25. The van der Waals surface area contributed by atoms with Gasteiger partial charge in [-0.05, 0) is 35.0 Å². The number of aliphatic imine (C=N–C) groups is 1. The number of rotatable bonds is 3. The molecule has 0 atom stereocenters. The van der Waals surface area contributed by atoms with E-state index in [9.17, 15) is 0 Å². The first kappa shape index (κ1) is 12.4. The van der Waals surface area contributed by atoms with Crippen LogP contribution in [0.3, 0.4) is 0 Å². The summed E-state index contributed by atoms with van der Waals surface area (Å²) in [5.74, 6) is 0.842. The fraction of sp³-hybridized carbons (Fsp3) is 0.0556. The zero-order valence-electron chi connectivity index (χ0n) is 11.3. The van der Waals surface area contributed by atoms with Crippen LogP contribution in [0.5, 0.6) is 5.75 Å². The van der Waals surface area contributed by atoms with E-state index in [1.165, 1.54) is 10.8 Å². The van der Waals surface area contributed by atoms with E-state index in [-0.39, 0.29) is 0 Å². The lowest BCUT2D eigenvalue weighted by molar-refractivity contribution is 0.415. The number of hydrogen-bond donors (Lipinski definition) is 0. The van der Waals surface area contributed by atoms with Gasteiger partial charge in [-0.2, -0.15) is 0 Å². The van der Waals surface area contributed by atoms with Gasteiger partial charge in [-0.25, -0.2) is 0 Å². The molecule has 0 aliphatic heterocycles. The lowest BCUT2D eigenvalue weighted by Gasteiger charge is -2.02. The van der Waals surface area contributed by atoms with Crippen molar-refractivity contribution in [2.45, 2.75) is 0 Å². The summed E-state index contributed by atoms with van der Waals surface area (Å²) < 4.78 is 5.14. The van der Waals surface area contributed by atoms with Crippen LogP contribution in [0.15, 0.2) is 71.7 Å². The van der Waals surface area contributed by atoms with Crippen molar-refractivity contribution in [1.82, 2.24) is 0 Å². The van der Waals surface area contributed by atoms with Crippen LogP contribution in [0, 0.1) is 0 Å². The number of methoxy groups -OCH3 is 1. The fourth-order valence-electron chi connectivity index (χ4n) is 2.18. The molecular weight excluding hydrogens is 246 g/mol. The molecule has 98 valence electrons. The van der Waals surface area contributed by atoms with E-state index in [1.807, 2.05) is 42.6 Å². The first-order valence-electron chi connectivity index (χ1n) is 6.53. The molecular formula is C18H15NO. The Bertz CT molecular complexity index is 739. The molecule has 2 nitrogen and oxygen atoms in total. The highest BCUT2D eigenvalue weighted by molar-refractivity contribution is 6.00. The Morgan fingerprint density at radius 1 is 0.850 bits per heavy atom. The summed E-state index contributed by atoms with van der Waals surface area (Å²) in [6.07, 6.45) is 1.91. The van der Waals surface area contributed by atoms with E-state index >= 15 is 0 Å². The Balaban J connectivity index is 1.93. The Kier molecular flexibility index (Phi) is 3.46. The molecule has 20 heavy (non-hydrogen) atoms. The van der Waals surface area contributed by atoms with E-state index in [1.54, 1.807) is 7.11 Å². The van der Waals surface area contributed by atoms with Gasteiger partial charge in [0.25, 0.3) is 0 Å². The number of hydrogen-bond acceptors (Lipinski definition) is 2. The fourth-order valence-corrected chi connectivity index (χ4v) is 2.18. The second-order valence-corrected chi connectivity index (χ2v) is 4.52. The van der Waals surface area contributed by atoms with Crippen LogP contribution >= 0.6 is 0 Å². The Labute approximate surface area is 118 Å². The third kappa shape index (κ3) is 2.54. The summed E-state index contributed by atoms with van der Waals surface area (Å²) in [7, 11) is 1.66. The summed E-state index contributed by atoms with van der Waals surface area (Å²) in [5, 5.41) is 2.44. The first-order chi connectivity index (χ1) is 9.86. The molecule has 0 fully saturated rings. The Morgan fingerprint density at radius 3 is 2.40 bits per heavy atom. The molecule has 0 saturated heterocycles. The van der Waals surface area contributed by atoms with E-state index in [4.69, 9.17) is 4.74 Å². The molecule has 0 aromatic heterocycles. The largest absolute Gasteiger partial charge is 0.497 e. The SMILES string of the molecule is COc1ccc(/N=C/c2cccc3ccccc23)cc1. The second-order valence-electron chi connectivity index (χ2n) is 4.52. The number of benzene rings is 3. The van der Waals surface area contributed by atoms with Crippen molar-refractivity contribution in [3.63, 3.8) is 0 Å². The average molecular weight is 261 g/mol. The maximum atomic E-state index is 5.14. The monoisotopic (exact) mass is 261 g/mol. The van der Waals surface area contributed by atoms with Crippen molar-refractivity contribution in [2.24, 2.45) is 4.99 Å². The molecule has 0 bridgehead atoms. The Hall–Kier alpha value is -2.61. The van der Waals surface area contributed by atoms with Crippen LogP contribution in [0.1, 0.15) is 5.56 Å². The number of ether oxygens (including phenoxy) is 1. The van der Waals surface area contributed by atoms with Crippen LogP contribution in [0.25, 0.3) is 10.8 Å². The van der Waals surface area contributed by atoms with Gasteiger partial charge in [-0.15, -0.1) is 0 Å². The van der Waals surface area contributed by atoms with E-state index in [2.05, 4.69) is 35.3 Å². The zero-order chi connectivity index (χ0) is 13.8. The van der Waals surface area contributed by atoms with Crippen LogP contribution < -0.4 is 4.74 Å². The van der Waals surface area contributed by atoms with Gasteiger partial charge in [0.05, 0.1) is 12.8 Å². The van der Waals surface area contributed by atoms with Crippen LogP contribution in [-0.4, -0.2) is 13.3 Å². The maximum Gasteiger partial charge on any atom is 0.119 e.